The van der Waals surface area contributed by atoms with Crippen molar-refractivity contribution in [2.45, 2.75) is 20.8 Å². The zero-order valence-electron chi connectivity index (χ0n) is 17.6. The van der Waals surface area contributed by atoms with Crippen LogP contribution in [0, 0.1) is 13.8 Å². The fourth-order valence-corrected chi connectivity index (χ4v) is 4.20. The van der Waals surface area contributed by atoms with Crippen LogP contribution in [0.5, 0.6) is 0 Å². The number of benzene rings is 1. The number of rotatable bonds is 6. The number of hydrogen-bond donors (Lipinski definition) is 0. The van der Waals surface area contributed by atoms with Crippen LogP contribution >= 0.6 is 11.8 Å². The minimum atomic E-state index is -0.636. The molecule has 1 saturated heterocycles. The maximum absolute atomic E-state index is 12.7. The van der Waals surface area contributed by atoms with Crippen molar-refractivity contribution in [2.24, 2.45) is 0 Å². The smallest absolute Gasteiger partial charge is 0.339 e. The SMILES string of the molecule is CCOC(=O)CN1C(=O)S/C(=C/c2cc(C)n(-c3ccccc3C(=O)OC)c2C)C1=O. The molecule has 2 amide bonds. The zero-order chi connectivity index (χ0) is 22.7. The molecule has 1 fully saturated rings. The summed E-state index contributed by atoms with van der Waals surface area (Å²) in [6, 6.07) is 8.93. The Morgan fingerprint density at radius 3 is 2.55 bits per heavy atom. The minimum Gasteiger partial charge on any atom is -0.465 e. The van der Waals surface area contributed by atoms with Gasteiger partial charge in [0, 0.05) is 11.4 Å². The van der Waals surface area contributed by atoms with Gasteiger partial charge in [-0.15, -0.1) is 0 Å². The van der Waals surface area contributed by atoms with Gasteiger partial charge in [-0.3, -0.25) is 19.3 Å². The Balaban J connectivity index is 1.96. The molecule has 9 heteroatoms. The van der Waals surface area contributed by atoms with Gasteiger partial charge in [-0.25, -0.2) is 4.79 Å². The monoisotopic (exact) mass is 442 g/mol. The normalized spacial score (nSPS) is 15.0. The average molecular weight is 442 g/mol. The van der Waals surface area contributed by atoms with Gasteiger partial charge in [-0.1, -0.05) is 12.1 Å². The van der Waals surface area contributed by atoms with Gasteiger partial charge in [-0.05, 0) is 62.4 Å². The number of carbonyl (C=O) groups excluding carboxylic acids is 4. The predicted molar refractivity (Wildman–Crippen MR) is 116 cm³/mol. The third kappa shape index (κ3) is 4.41. The lowest BCUT2D eigenvalue weighted by Gasteiger charge is -2.13. The van der Waals surface area contributed by atoms with Crippen LogP contribution in [0.3, 0.4) is 0 Å². The number of aryl methyl sites for hydroxylation is 1. The lowest BCUT2D eigenvalue weighted by atomic mass is 10.1. The highest BCUT2D eigenvalue weighted by Gasteiger charge is 2.36. The molecule has 0 bridgehead atoms. The molecule has 0 unspecified atom stereocenters. The molecule has 0 aliphatic carbocycles. The van der Waals surface area contributed by atoms with E-state index >= 15 is 0 Å². The summed E-state index contributed by atoms with van der Waals surface area (Å²) in [6.45, 7) is 5.14. The first kappa shape index (κ1) is 22.4. The van der Waals surface area contributed by atoms with E-state index in [1.54, 1.807) is 25.1 Å². The van der Waals surface area contributed by atoms with E-state index in [-0.39, 0.29) is 11.5 Å². The van der Waals surface area contributed by atoms with Crippen molar-refractivity contribution >= 4 is 40.9 Å². The van der Waals surface area contributed by atoms with E-state index in [4.69, 9.17) is 9.47 Å². The molecule has 8 nitrogen and oxygen atoms in total. The largest absolute Gasteiger partial charge is 0.465 e. The van der Waals surface area contributed by atoms with Crippen LogP contribution in [0.2, 0.25) is 0 Å². The first-order chi connectivity index (χ1) is 14.8. The summed E-state index contributed by atoms with van der Waals surface area (Å²) < 4.78 is 11.6. The molecule has 1 aliphatic heterocycles. The molecule has 0 radical (unpaired) electrons. The molecule has 0 atom stereocenters. The summed E-state index contributed by atoms with van der Waals surface area (Å²) in [7, 11) is 1.33. The number of amides is 2. The van der Waals surface area contributed by atoms with Crippen molar-refractivity contribution in [3.05, 3.63) is 57.8 Å². The number of hydrogen-bond acceptors (Lipinski definition) is 7. The molecule has 1 aromatic carbocycles. The third-order valence-corrected chi connectivity index (χ3v) is 5.68. The summed E-state index contributed by atoms with van der Waals surface area (Å²) in [5.74, 6) is -1.63. The second-order valence-electron chi connectivity index (χ2n) is 6.74. The van der Waals surface area contributed by atoms with Crippen LogP contribution in [0.1, 0.15) is 34.2 Å². The molecule has 0 N–H and O–H groups in total. The standard InChI is InChI=1S/C22H22N2O6S/c1-5-30-19(25)12-23-20(26)18(31-22(23)28)11-15-10-13(2)24(14(15)3)17-9-7-6-8-16(17)21(27)29-4/h6-11H,5,12H2,1-4H3/b18-11+. The van der Waals surface area contributed by atoms with Crippen LogP contribution < -0.4 is 0 Å². The molecular weight excluding hydrogens is 420 g/mol. The Labute approximate surface area is 183 Å². The van der Waals surface area contributed by atoms with Crippen molar-refractivity contribution in [1.82, 2.24) is 9.47 Å². The van der Waals surface area contributed by atoms with E-state index in [0.29, 0.717) is 11.3 Å². The van der Waals surface area contributed by atoms with E-state index < -0.39 is 29.6 Å². The number of nitrogens with zero attached hydrogens (tertiary/aromatic N) is 2. The molecule has 2 aromatic rings. The highest BCUT2D eigenvalue weighted by atomic mass is 32.2. The van der Waals surface area contributed by atoms with Gasteiger partial charge < -0.3 is 14.0 Å². The van der Waals surface area contributed by atoms with Crippen LogP contribution in [0.25, 0.3) is 11.8 Å². The Morgan fingerprint density at radius 1 is 1.16 bits per heavy atom. The average Bonchev–Trinajstić information content (AvgIpc) is 3.17. The van der Waals surface area contributed by atoms with Crippen LogP contribution in [-0.4, -0.2) is 52.8 Å². The van der Waals surface area contributed by atoms with E-state index in [0.717, 1.165) is 33.6 Å². The Bertz CT molecular complexity index is 1100. The fraction of sp³-hybridized carbons (Fsp3) is 0.273. The van der Waals surface area contributed by atoms with Gasteiger partial charge in [0.15, 0.2) is 0 Å². The third-order valence-electron chi connectivity index (χ3n) is 4.77. The maximum Gasteiger partial charge on any atom is 0.339 e. The lowest BCUT2D eigenvalue weighted by Crippen LogP contribution is -2.34. The molecular formula is C22H22N2O6S. The Morgan fingerprint density at radius 2 is 1.87 bits per heavy atom. The molecule has 162 valence electrons. The number of thioether (sulfide) groups is 1. The van der Waals surface area contributed by atoms with Gasteiger partial charge in [0.25, 0.3) is 11.1 Å². The van der Waals surface area contributed by atoms with Crippen molar-refractivity contribution in [2.75, 3.05) is 20.3 Å². The van der Waals surface area contributed by atoms with E-state index in [2.05, 4.69) is 0 Å². The van der Waals surface area contributed by atoms with Gasteiger partial charge in [-0.2, -0.15) is 0 Å². The van der Waals surface area contributed by atoms with E-state index in [1.165, 1.54) is 7.11 Å². The Hall–Kier alpha value is -3.33. The first-order valence-electron chi connectivity index (χ1n) is 9.56. The van der Waals surface area contributed by atoms with Crippen molar-refractivity contribution in [1.29, 1.82) is 0 Å². The summed E-state index contributed by atoms with van der Waals surface area (Å²) >= 11 is 0.775. The van der Waals surface area contributed by atoms with Gasteiger partial charge >= 0.3 is 11.9 Å². The molecule has 1 aliphatic rings. The number of esters is 2. The van der Waals surface area contributed by atoms with E-state index in [1.807, 2.05) is 36.6 Å². The highest BCUT2D eigenvalue weighted by Crippen LogP contribution is 2.34. The predicted octanol–water partition coefficient (Wildman–Crippen LogP) is 3.48. The van der Waals surface area contributed by atoms with Crippen LogP contribution in [0.15, 0.2) is 35.2 Å². The molecule has 2 heterocycles. The van der Waals surface area contributed by atoms with Crippen molar-refractivity contribution in [3.63, 3.8) is 0 Å². The maximum atomic E-state index is 12.7. The molecule has 0 spiro atoms. The fourth-order valence-electron chi connectivity index (χ4n) is 3.37. The number of ether oxygens (including phenoxy) is 2. The molecule has 3 rings (SSSR count). The number of carbonyl (C=O) groups is 4. The molecule has 31 heavy (non-hydrogen) atoms. The van der Waals surface area contributed by atoms with Crippen LogP contribution in [-0.2, 0) is 19.1 Å². The quantitative estimate of drug-likeness (QED) is 0.499. The first-order valence-corrected chi connectivity index (χ1v) is 10.4. The topological polar surface area (TPSA) is 94.9 Å². The van der Waals surface area contributed by atoms with E-state index in [9.17, 15) is 19.2 Å². The second kappa shape index (κ2) is 9.22. The number of para-hydroxylation sites is 1. The summed E-state index contributed by atoms with van der Waals surface area (Å²) in [5, 5.41) is -0.519. The van der Waals surface area contributed by atoms with Crippen LogP contribution in [0.4, 0.5) is 4.79 Å². The molecule has 0 saturated carbocycles. The van der Waals surface area contributed by atoms with Gasteiger partial charge in [0.05, 0.1) is 29.9 Å². The lowest BCUT2D eigenvalue weighted by molar-refractivity contribution is -0.145. The van der Waals surface area contributed by atoms with Crippen molar-refractivity contribution < 1.29 is 28.7 Å². The summed E-state index contributed by atoms with van der Waals surface area (Å²) in [4.78, 5) is 49.8. The number of methoxy groups -OCH3 is 1. The summed E-state index contributed by atoms with van der Waals surface area (Å²) in [6.07, 6.45) is 1.62. The summed E-state index contributed by atoms with van der Waals surface area (Å²) in [5.41, 5.74) is 3.41. The van der Waals surface area contributed by atoms with Gasteiger partial charge in [0.2, 0.25) is 0 Å². The highest BCUT2D eigenvalue weighted by molar-refractivity contribution is 8.18. The van der Waals surface area contributed by atoms with Crippen molar-refractivity contribution in [3.8, 4) is 5.69 Å². The number of aromatic nitrogens is 1. The molecule has 1 aromatic heterocycles. The second-order valence-corrected chi connectivity index (χ2v) is 7.74. The minimum absolute atomic E-state index is 0.171. The van der Waals surface area contributed by atoms with Gasteiger partial charge in [0.1, 0.15) is 6.54 Å². The Kier molecular flexibility index (Phi) is 6.65. The number of imide groups is 1. The zero-order valence-corrected chi connectivity index (χ0v) is 18.4.